The first kappa shape index (κ1) is 14.6. The summed E-state index contributed by atoms with van der Waals surface area (Å²) in [5.74, 6) is -0.0868. The molecule has 0 spiro atoms. The van der Waals surface area contributed by atoms with Gasteiger partial charge in [0.2, 0.25) is 0 Å². The van der Waals surface area contributed by atoms with Crippen LogP contribution in [0.5, 0.6) is 0 Å². The first-order valence-corrected chi connectivity index (χ1v) is 7.18. The van der Waals surface area contributed by atoms with Gasteiger partial charge in [-0.15, -0.1) is 0 Å². The molecule has 0 unspecified atom stereocenters. The third-order valence-corrected chi connectivity index (χ3v) is 3.13. The predicted octanol–water partition coefficient (Wildman–Crippen LogP) is 1.45. The first-order valence-electron chi connectivity index (χ1n) is 5.79. The Balaban J connectivity index is 2.41. The van der Waals surface area contributed by atoms with Crippen molar-refractivity contribution in [1.82, 2.24) is 9.88 Å². The lowest BCUT2D eigenvalue weighted by Crippen LogP contribution is -2.27. The molecule has 0 aliphatic rings. The summed E-state index contributed by atoms with van der Waals surface area (Å²) in [6, 6.07) is 3.30. The molecule has 0 bridgehead atoms. The molecule has 2 N–H and O–H groups in total. The number of carboxylic acid groups (broad SMARTS) is 1. The second-order valence-corrected chi connectivity index (χ2v) is 4.86. The van der Waals surface area contributed by atoms with Gasteiger partial charge >= 0.3 is 5.97 Å². The molecule has 1 amide bonds. The number of hydrogen-bond donors (Lipinski definition) is 2. The van der Waals surface area contributed by atoms with Crippen LogP contribution in [0.3, 0.4) is 0 Å². The van der Waals surface area contributed by atoms with E-state index in [0.29, 0.717) is 12.2 Å². The van der Waals surface area contributed by atoms with Crippen LogP contribution in [0.25, 0.3) is 0 Å². The van der Waals surface area contributed by atoms with E-state index in [2.05, 4.69) is 11.6 Å². The Hall–Kier alpha value is -1.43. The topological polar surface area (TPSA) is 71.3 Å². The molecule has 0 aliphatic carbocycles. The van der Waals surface area contributed by atoms with Gasteiger partial charge in [0.05, 0.1) is 0 Å². The summed E-state index contributed by atoms with van der Waals surface area (Å²) in [6.07, 6.45) is 5.65. The van der Waals surface area contributed by atoms with Crippen LogP contribution < -0.4 is 5.32 Å². The SMILES string of the molecule is CSCCCCNC(=O)c1cccn1CC(=O)O. The van der Waals surface area contributed by atoms with E-state index >= 15 is 0 Å². The number of aromatic nitrogens is 1. The first-order chi connectivity index (χ1) is 8.65. The molecule has 0 radical (unpaired) electrons. The van der Waals surface area contributed by atoms with E-state index in [0.717, 1.165) is 18.6 Å². The van der Waals surface area contributed by atoms with Crippen LogP contribution in [0.4, 0.5) is 0 Å². The number of rotatable bonds is 8. The number of carbonyl (C=O) groups is 2. The number of nitrogens with one attached hydrogen (secondary N) is 1. The van der Waals surface area contributed by atoms with Crippen molar-refractivity contribution in [2.24, 2.45) is 0 Å². The van der Waals surface area contributed by atoms with Crippen molar-refractivity contribution in [2.75, 3.05) is 18.6 Å². The van der Waals surface area contributed by atoms with Crippen LogP contribution in [0.1, 0.15) is 23.3 Å². The van der Waals surface area contributed by atoms with Crippen LogP contribution >= 0.6 is 11.8 Å². The van der Waals surface area contributed by atoms with Gasteiger partial charge in [0.15, 0.2) is 0 Å². The van der Waals surface area contributed by atoms with Gasteiger partial charge in [0.1, 0.15) is 12.2 Å². The lowest BCUT2D eigenvalue weighted by molar-refractivity contribution is -0.137. The monoisotopic (exact) mass is 270 g/mol. The van der Waals surface area contributed by atoms with Gasteiger partial charge in [-0.3, -0.25) is 9.59 Å². The average Bonchev–Trinajstić information content (AvgIpc) is 2.76. The zero-order valence-electron chi connectivity index (χ0n) is 10.4. The van der Waals surface area contributed by atoms with Gasteiger partial charge in [0.25, 0.3) is 5.91 Å². The molecule has 1 rings (SSSR count). The molecule has 1 heterocycles. The fourth-order valence-electron chi connectivity index (χ4n) is 1.57. The zero-order chi connectivity index (χ0) is 13.4. The van der Waals surface area contributed by atoms with E-state index in [1.165, 1.54) is 4.57 Å². The van der Waals surface area contributed by atoms with Crippen LogP contribution in [-0.2, 0) is 11.3 Å². The summed E-state index contributed by atoms with van der Waals surface area (Å²) >= 11 is 1.79. The Bertz CT molecular complexity index is 404. The number of amides is 1. The molecule has 6 heteroatoms. The number of nitrogens with zero attached hydrogens (tertiary/aromatic N) is 1. The van der Waals surface area contributed by atoms with E-state index in [-0.39, 0.29) is 12.5 Å². The lowest BCUT2D eigenvalue weighted by Gasteiger charge is -2.07. The molecule has 0 aliphatic heterocycles. The highest BCUT2D eigenvalue weighted by atomic mass is 32.2. The molecule has 0 saturated carbocycles. The number of thioether (sulfide) groups is 1. The molecule has 0 saturated heterocycles. The normalized spacial score (nSPS) is 10.3. The predicted molar refractivity (Wildman–Crippen MR) is 72.0 cm³/mol. The zero-order valence-corrected chi connectivity index (χ0v) is 11.2. The van der Waals surface area contributed by atoms with Gasteiger partial charge in [-0.25, -0.2) is 0 Å². The molecule has 0 fully saturated rings. The molecule has 18 heavy (non-hydrogen) atoms. The lowest BCUT2D eigenvalue weighted by atomic mass is 10.3. The van der Waals surface area contributed by atoms with Crippen LogP contribution in [-0.4, -0.2) is 40.1 Å². The molecule has 5 nitrogen and oxygen atoms in total. The van der Waals surface area contributed by atoms with Gasteiger partial charge < -0.3 is 15.0 Å². The summed E-state index contributed by atoms with van der Waals surface area (Å²) in [6.45, 7) is 0.430. The molecular weight excluding hydrogens is 252 g/mol. The van der Waals surface area contributed by atoms with Gasteiger partial charge in [0, 0.05) is 12.7 Å². The Kier molecular flexibility index (Phi) is 6.35. The maximum atomic E-state index is 11.8. The molecule has 0 atom stereocenters. The number of carboxylic acids is 1. The highest BCUT2D eigenvalue weighted by molar-refractivity contribution is 7.98. The van der Waals surface area contributed by atoms with Gasteiger partial charge in [-0.2, -0.15) is 11.8 Å². The molecule has 1 aromatic heterocycles. The highest BCUT2D eigenvalue weighted by Gasteiger charge is 2.11. The van der Waals surface area contributed by atoms with Crippen LogP contribution in [0.2, 0.25) is 0 Å². The third-order valence-electron chi connectivity index (χ3n) is 2.43. The van der Waals surface area contributed by atoms with E-state index < -0.39 is 5.97 Å². The van der Waals surface area contributed by atoms with Crippen molar-refractivity contribution in [1.29, 1.82) is 0 Å². The average molecular weight is 270 g/mol. The summed E-state index contributed by atoms with van der Waals surface area (Å²) < 4.78 is 1.43. The van der Waals surface area contributed by atoms with E-state index in [9.17, 15) is 9.59 Å². The minimum atomic E-state index is -0.958. The summed E-state index contributed by atoms with van der Waals surface area (Å²) in [5, 5.41) is 11.5. The molecule has 100 valence electrons. The van der Waals surface area contributed by atoms with Crippen molar-refractivity contribution in [3.05, 3.63) is 24.0 Å². The number of hydrogen-bond acceptors (Lipinski definition) is 3. The van der Waals surface area contributed by atoms with Gasteiger partial charge in [-0.1, -0.05) is 0 Å². The minimum absolute atomic E-state index is 0.192. The fraction of sp³-hybridized carbons (Fsp3) is 0.500. The largest absolute Gasteiger partial charge is 0.480 e. The van der Waals surface area contributed by atoms with Crippen molar-refractivity contribution in [3.8, 4) is 0 Å². The standard InChI is InChI=1S/C12H18N2O3S/c1-18-8-3-2-6-13-12(17)10-5-4-7-14(10)9-11(15)16/h4-5,7H,2-3,6,8-9H2,1H3,(H,13,17)(H,15,16). The second-order valence-electron chi connectivity index (χ2n) is 3.87. The smallest absolute Gasteiger partial charge is 0.323 e. The quantitative estimate of drug-likeness (QED) is 0.701. The highest BCUT2D eigenvalue weighted by Crippen LogP contribution is 2.03. The second kappa shape index (κ2) is 7.81. The van der Waals surface area contributed by atoms with Crippen molar-refractivity contribution < 1.29 is 14.7 Å². The third kappa shape index (κ3) is 4.83. The van der Waals surface area contributed by atoms with Crippen molar-refractivity contribution in [2.45, 2.75) is 19.4 Å². The van der Waals surface area contributed by atoms with E-state index in [4.69, 9.17) is 5.11 Å². The summed E-state index contributed by atoms with van der Waals surface area (Å²) in [4.78, 5) is 22.4. The fourth-order valence-corrected chi connectivity index (χ4v) is 2.06. The van der Waals surface area contributed by atoms with Crippen molar-refractivity contribution in [3.63, 3.8) is 0 Å². The minimum Gasteiger partial charge on any atom is -0.480 e. The molecule has 0 aromatic carbocycles. The summed E-state index contributed by atoms with van der Waals surface area (Å²) in [7, 11) is 0. The number of unbranched alkanes of at least 4 members (excludes halogenated alkanes) is 1. The Labute approximate surface area is 111 Å². The maximum absolute atomic E-state index is 11.8. The Morgan fingerprint density at radius 2 is 2.22 bits per heavy atom. The summed E-state index contributed by atoms with van der Waals surface area (Å²) in [5.41, 5.74) is 0.391. The molecular formula is C12H18N2O3S. The van der Waals surface area contributed by atoms with Gasteiger partial charge in [-0.05, 0) is 37.0 Å². The Morgan fingerprint density at radius 3 is 2.89 bits per heavy atom. The number of carbonyl (C=O) groups excluding carboxylic acids is 1. The van der Waals surface area contributed by atoms with E-state index in [1.807, 2.05) is 0 Å². The van der Waals surface area contributed by atoms with Crippen LogP contribution in [0.15, 0.2) is 18.3 Å². The number of aliphatic carboxylic acids is 1. The maximum Gasteiger partial charge on any atom is 0.323 e. The van der Waals surface area contributed by atoms with Crippen molar-refractivity contribution >= 4 is 23.6 Å². The Morgan fingerprint density at radius 1 is 1.44 bits per heavy atom. The molecule has 1 aromatic rings. The van der Waals surface area contributed by atoms with E-state index in [1.54, 1.807) is 30.1 Å². The van der Waals surface area contributed by atoms with Crippen LogP contribution in [0, 0.1) is 0 Å².